The topological polar surface area (TPSA) is 41.6 Å². The van der Waals surface area contributed by atoms with Crippen LogP contribution in [0.2, 0.25) is 0 Å². The fraction of sp³-hybridized carbons (Fsp3) is 0.200. The van der Waals surface area contributed by atoms with Crippen molar-refractivity contribution in [3.05, 3.63) is 59.0 Å². The molecule has 0 amide bonds. The molecule has 90 valence electrons. The number of aryl methyl sites for hydroxylation is 2. The lowest BCUT2D eigenvalue weighted by atomic mass is 10.1. The lowest BCUT2D eigenvalue weighted by Gasteiger charge is -1.98. The van der Waals surface area contributed by atoms with Gasteiger partial charge >= 0.3 is 0 Å². The smallest absolute Gasteiger partial charge is 0.177 e. The van der Waals surface area contributed by atoms with E-state index in [9.17, 15) is 0 Å². The van der Waals surface area contributed by atoms with Crippen LogP contribution in [0.25, 0.3) is 11.2 Å². The standard InChI is InChI=1S/C15H15N3/c1-10-3-5-12(6-4-10)9-13-17-14-11(2)7-8-16-15(14)18-13/h3-8H,9H2,1-2H3,(H,16,17,18). The Morgan fingerprint density at radius 3 is 2.56 bits per heavy atom. The largest absolute Gasteiger partial charge is 0.340 e. The maximum atomic E-state index is 4.52. The van der Waals surface area contributed by atoms with Gasteiger partial charge in [0, 0.05) is 12.6 Å². The number of imidazole rings is 1. The van der Waals surface area contributed by atoms with E-state index in [0.717, 1.165) is 23.4 Å². The predicted molar refractivity (Wildman–Crippen MR) is 72.6 cm³/mol. The first kappa shape index (κ1) is 11.0. The van der Waals surface area contributed by atoms with E-state index in [2.05, 4.69) is 53.1 Å². The van der Waals surface area contributed by atoms with E-state index in [1.165, 1.54) is 16.7 Å². The van der Waals surface area contributed by atoms with Gasteiger partial charge in [-0.2, -0.15) is 0 Å². The summed E-state index contributed by atoms with van der Waals surface area (Å²) in [7, 11) is 0. The number of benzene rings is 1. The molecule has 0 aliphatic heterocycles. The fourth-order valence-electron chi connectivity index (χ4n) is 2.07. The number of nitrogens with zero attached hydrogens (tertiary/aromatic N) is 2. The van der Waals surface area contributed by atoms with Crippen LogP contribution in [0.15, 0.2) is 36.5 Å². The first-order valence-corrected chi connectivity index (χ1v) is 6.08. The number of aromatic nitrogens is 3. The van der Waals surface area contributed by atoms with Crippen molar-refractivity contribution in [2.45, 2.75) is 20.3 Å². The Morgan fingerprint density at radius 2 is 1.83 bits per heavy atom. The Hall–Kier alpha value is -2.16. The average molecular weight is 237 g/mol. The molecule has 3 aromatic rings. The summed E-state index contributed by atoms with van der Waals surface area (Å²) in [6.07, 6.45) is 2.62. The van der Waals surface area contributed by atoms with Gasteiger partial charge in [0.15, 0.2) is 5.65 Å². The molecule has 3 rings (SSSR count). The minimum absolute atomic E-state index is 0.803. The summed E-state index contributed by atoms with van der Waals surface area (Å²) in [5.74, 6) is 0.968. The number of H-pyrrole nitrogens is 1. The molecule has 1 N–H and O–H groups in total. The number of pyridine rings is 1. The van der Waals surface area contributed by atoms with Crippen LogP contribution in [0.5, 0.6) is 0 Å². The molecule has 0 bridgehead atoms. The van der Waals surface area contributed by atoms with Gasteiger partial charge in [0.25, 0.3) is 0 Å². The van der Waals surface area contributed by atoms with Gasteiger partial charge in [-0.15, -0.1) is 0 Å². The third-order valence-corrected chi connectivity index (χ3v) is 3.14. The highest BCUT2D eigenvalue weighted by molar-refractivity contribution is 5.74. The van der Waals surface area contributed by atoms with Crippen LogP contribution in [0.1, 0.15) is 22.5 Å². The highest BCUT2D eigenvalue weighted by Crippen LogP contribution is 2.15. The molecular weight excluding hydrogens is 222 g/mol. The van der Waals surface area contributed by atoms with Gasteiger partial charge in [-0.3, -0.25) is 0 Å². The van der Waals surface area contributed by atoms with Crippen LogP contribution in [-0.4, -0.2) is 15.0 Å². The Kier molecular flexibility index (Phi) is 2.59. The molecule has 0 spiro atoms. The Balaban J connectivity index is 1.95. The van der Waals surface area contributed by atoms with Crippen molar-refractivity contribution in [2.24, 2.45) is 0 Å². The molecule has 0 saturated heterocycles. The molecule has 2 aromatic heterocycles. The number of rotatable bonds is 2. The molecule has 18 heavy (non-hydrogen) atoms. The summed E-state index contributed by atoms with van der Waals surface area (Å²) in [5.41, 5.74) is 5.57. The number of hydrogen-bond donors (Lipinski definition) is 1. The van der Waals surface area contributed by atoms with Crippen LogP contribution in [-0.2, 0) is 6.42 Å². The van der Waals surface area contributed by atoms with Gasteiger partial charge in [0.05, 0.1) is 5.52 Å². The van der Waals surface area contributed by atoms with Crippen LogP contribution in [0, 0.1) is 13.8 Å². The quantitative estimate of drug-likeness (QED) is 0.743. The van der Waals surface area contributed by atoms with E-state index in [1.807, 2.05) is 6.07 Å². The van der Waals surface area contributed by atoms with Gasteiger partial charge in [-0.1, -0.05) is 29.8 Å². The number of nitrogens with one attached hydrogen (secondary N) is 1. The maximum absolute atomic E-state index is 4.52. The average Bonchev–Trinajstić information content (AvgIpc) is 2.76. The van der Waals surface area contributed by atoms with Crippen molar-refractivity contribution < 1.29 is 0 Å². The lowest BCUT2D eigenvalue weighted by molar-refractivity contribution is 1.03. The summed E-state index contributed by atoms with van der Waals surface area (Å²) < 4.78 is 0. The molecule has 0 radical (unpaired) electrons. The molecule has 0 aliphatic rings. The summed E-state index contributed by atoms with van der Waals surface area (Å²) in [6, 6.07) is 10.5. The first-order valence-electron chi connectivity index (χ1n) is 6.08. The highest BCUT2D eigenvalue weighted by atomic mass is 15.0. The summed E-state index contributed by atoms with van der Waals surface area (Å²) >= 11 is 0. The van der Waals surface area contributed by atoms with Crippen LogP contribution >= 0.6 is 0 Å². The molecular formula is C15H15N3. The third-order valence-electron chi connectivity index (χ3n) is 3.14. The number of fused-ring (bicyclic) bond motifs is 1. The van der Waals surface area contributed by atoms with E-state index >= 15 is 0 Å². The predicted octanol–water partition coefficient (Wildman–Crippen LogP) is 3.17. The molecule has 0 unspecified atom stereocenters. The second-order valence-corrected chi connectivity index (χ2v) is 4.67. The van der Waals surface area contributed by atoms with Crippen molar-refractivity contribution in [1.82, 2.24) is 15.0 Å². The fourth-order valence-corrected chi connectivity index (χ4v) is 2.07. The van der Waals surface area contributed by atoms with Crippen molar-refractivity contribution in [2.75, 3.05) is 0 Å². The van der Waals surface area contributed by atoms with Crippen LogP contribution in [0.4, 0.5) is 0 Å². The zero-order valence-electron chi connectivity index (χ0n) is 10.6. The maximum Gasteiger partial charge on any atom is 0.177 e. The third kappa shape index (κ3) is 1.99. The minimum Gasteiger partial charge on any atom is -0.340 e. The van der Waals surface area contributed by atoms with E-state index < -0.39 is 0 Å². The van der Waals surface area contributed by atoms with Crippen molar-refractivity contribution in [3.8, 4) is 0 Å². The lowest BCUT2D eigenvalue weighted by Crippen LogP contribution is -1.90. The molecule has 2 heterocycles. The van der Waals surface area contributed by atoms with Gasteiger partial charge in [-0.05, 0) is 31.0 Å². The highest BCUT2D eigenvalue weighted by Gasteiger charge is 2.06. The monoisotopic (exact) mass is 237 g/mol. The van der Waals surface area contributed by atoms with Crippen molar-refractivity contribution in [1.29, 1.82) is 0 Å². The van der Waals surface area contributed by atoms with E-state index in [-0.39, 0.29) is 0 Å². The van der Waals surface area contributed by atoms with E-state index in [1.54, 1.807) is 6.20 Å². The number of hydrogen-bond acceptors (Lipinski definition) is 2. The van der Waals surface area contributed by atoms with Gasteiger partial charge < -0.3 is 4.98 Å². The molecule has 0 atom stereocenters. The molecule has 0 fully saturated rings. The molecule has 3 heteroatoms. The Bertz CT molecular complexity index is 681. The minimum atomic E-state index is 0.803. The zero-order valence-corrected chi connectivity index (χ0v) is 10.6. The van der Waals surface area contributed by atoms with Crippen LogP contribution < -0.4 is 0 Å². The van der Waals surface area contributed by atoms with Crippen molar-refractivity contribution >= 4 is 11.2 Å². The SMILES string of the molecule is Cc1ccc(Cc2nc3nccc(C)c3[nH]2)cc1. The summed E-state index contributed by atoms with van der Waals surface area (Å²) in [4.78, 5) is 12.2. The zero-order chi connectivity index (χ0) is 12.5. The number of aromatic amines is 1. The Morgan fingerprint density at radius 1 is 1.06 bits per heavy atom. The second-order valence-electron chi connectivity index (χ2n) is 4.67. The molecule has 1 aromatic carbocycles. The van der Waals surface area contributed by atoms with Crippen molar-refractivity contribution in [3.63, 3.8) is 0 Å². The van der Waals surface area contributed by atoms with Gasteiger partial charge in [0.2, 0.25) is 0 Å². The second kappa shape index (κ2) is 4.26. The Labute approximate surface area is 106 Å². The molecule has 3 nitrogen and oxygen atoms in total. The summed E-state index contributed by atoms with van der Waals surface area (Å²) in [6.45, 7) is 4.16. The first-order chi connectivity index (χ1) is 8.72. The molecule has 0 aliphatic carbocycles. The normalized spacial score (nSPS) is 11.0. The van der Waals surface area contributed by atoms with E-state index in [4.69, 9.17) is 0 Å². The summed E-state index contributed by atoms with van der Waals surface area (Å²) in [5, 5.41) is 0. The van der Waals surface area contributed by atoms with Crippen LogP contribution in [0.3, 0.4) is 0 Å². The van der Waals surface area contributed by atoms with E-state index in [0.29, 0.717) is 0 Å². The molecule has 0 saturated carbocycles. The van der Waals surface area contributed by atoms with Gasteiger partial charge in [0.1, 0.15) is 5.82 Å². The van der Waals surface area contributed by atoms with Gasteiger partial charge in [-0.25, -0.2) is 9.97 Å².